The molecule has 22 heavy (non-hydrogen) atoms. The molecule has 0 aliphatic carbocycles. The van der Waals surface area contributed by atoms with Gasteiger partial charge in [-0.2, -0.15) is 0 Å². The van der Waals surface area contributed by atoms with Gasteiger partial charge in [0.25, 0.3) is 0 Å². The van der Waals surface area contributed by atoms with Crippen LogP contribution in [-0.4, -0.2) is 41.0 Å². The van der Waals surface area contributed by atoms with E-state index in [1.165, 1.54) is 12.8 Å². The van der Waals surface area contributed by atoms with E-state index in [0.29, 0.717) is 6.04 Å². The molecule has 0 spiro atoms. The molecule has 1 aliphatic heterocycles. The second kappa shape index (κ2) is 8.11. The van der Waals surface area contributed by atoms with E-state index in [2.05, 4.69) is 48.2 Å². The van der Waals surface area contributed by atoms with Crippen LogP contribution in [0.2, 0.25) is 0 Å². The van der Waals surface area contributed by atoms with Gasteiger partial charge in [0.15, 0.2) is 0 Å². The number of H-pyrrole nitrogens is 1. The van der Waals surface area contributed by atoms with Crippen LogP contribution < -0.4 is 5.32 Å². The quantitative estimate of drug-likeness (QED) is 0.847. The Kier molecular flexibility index (Phi) is 6.44. The molecule has 2 aromatic rings. The SMILES string of the molecule is CNC1CCCN(Cc2ncc(-c3cccc(Br)c3)[nH]2)C1.Cl. The van der Waals surface area contributed by atoms with Gasteiger partial charge < -0.3 is 10.3 Å². The average molecular weight is 386 g/mol. The second-order valence-corrected chi connectivity index (χ2v) is 6.53. The van der Waals surface area contributed by atoms with Gasteiger partial charge in [-0.3, -0.25) is 4.90 Å². The number of aromatic amines is 1. The maximum atomic E-state index is 4.53. The Hall–Kier alpha value is -0.880. The van der Waals surface area contributed by atoms with Crippen molar-refractivity contribution < 1.29 is 0 Å². The third-order valence-corrected chi connectivity index (χ3v) is 4.54. The van der Waals surface area contributed by atoms with Crippen molar-refractivity contribution in [1.29, 1.82) is 0 Å². The number of nitrogens with zero attached hydrogens (tertiary/aromatic N) is 2. The molecule has 6 heteroatoms. The molecule has 0 bridgehead atoms. The number of benzene rings is 1. The highest BCUT2D eigenvalue weighted by atomic mass is 79.9. The van der Waals surface area contributed by atoms with Gasteiger partial charge in [0, 0.05) is 22.6 Å². The van der Waals surface area contributed by atoms with Crippen molar-refractivity contribution in [3.05, 3.63) is 40.8 Å². The standard InChI is InChI=1S/C16H21BrN4.ClH/c1-18-14-6-3-7-21(10-14)11-16-19-9-15(20-16)12-4-2-5-13(17)8-12;/h2,4-5,8-9,14,18H,3,6-7,10-11H2,1H3,(H,19,20);1H. The summed E-state index contributed by atoms with van der Waals surface area (Å²) < 4.78 is 1.09. The van der Waals surface area contributed by atoms with Crippen LogP contribution in [0, 0.1) is 0 Å². The molecule has 0 saturated carbocycles. The van der Waals surface area contributed by atoms with Gasteiger partial charge in [-0.05, 0) is 38.6 Å². The summed E-state index contributed by atoms with van der Waals surface area (Å²) in [7, 11) is 2.05. The van der Waals surface area contributed by atoms with E-state index in [9.17, 15) is 0 Å². The Morgan fingerprint density at radius 3 is 3.09 bits per heavy atom. The van der Waals surface area contributed by atoms with Gasteiger partial charge in [0.2, 0.25) is 0 Å². The minimum absolute atomic E-state index is 0. The predicted molar refractivity (Wildman–Crippen MR) is 96.3 cm³/mol. The largest absolute Gasteiger partial charge is 0.341 e. The molecule has 1 saturated heterocycles. The van der Waals surface area contributed by atoms with Crippen molar-refractivity contribution in [2.45, 2.75) is 25.4 Å². The summed E-state index contributed by atoms with van der Waals surface area (Å²) in [4.78, 5) is 10.4. The van der Waals surface area contributed by atoms with Crippen LogP contribution in [0.5, 0.6) is 0 Å². The number of hydrogen-bond acceptors (Lipinski definition) is 3. The van der Waals surface area contributed by atoms with E-state index < -0.39 is 0 Å². The maximum absolute atomic E-state index is 4.53. The molecule has 0 amide bonds. The van der Waals surface area contributed by atoms with Crippen LogP contribution in [0.4, 0.5) is 0 Å². The van der Waals surface area contributed by atoms with E-state index in [4.69, 9.17) is 0 Å². The summed E-state index contributed by atoms with van der Waals surface area (Å²) in [5.74, 6) is 1.04. The molecule has 0 radical (unpaired) electrons. The number of hydrogen-bond donors (Lipinski definition) is 2. The van der Waals surface area contributed by atoms with Gasteiger partial charge in [-0.15, -0.1) is 12.4 Å². The van der Waals surface area contributed by atoms with Crippen molar-refractivity contribution in [2.24, 2.45) is 0 Å². The summed E-state index contributed by atoms with van der Waals surface area (Å²) in [6.07, 6.45) is 4.45. The smallest absolute Gasteiger partial charge is 0.120 e. The monoisotopic (exact) mass is 384 g/mol. The van der Waals surface area contributed by atoms with E-state index in [-0.39, 0.29) is 12.4 Å². The van der Waals surface area contributed by atoms with Crippen molar-refractivity contribution in [1.82, 2.24) is 20.2 Å². The highest BCUT2D eigenvalue weighted by molar-refractivity contribution is 9.10. The summed E-state index contributed by atoms with van der Waals surface area (Å²) >= 11 is 3.51. The molecule has 1 unspecified atom stereocenters. The maximum Gasteiger partial charge on any atom is 0.120 e. The number of likely N-dealkylation sites (N-methyl/N-ethyl adjacent to an activating group) is 1. The first kappa shape index (κ1) is 17.5. The molecule has 3 rings (SSSR count). The third-order valence-electron chi connectivity index (χ3n) is 4.05. The number of halogens is 2. The molecule has 1 aromatic carbocycles. The van der Waals surface area contributed by atoms with Gasteiger partial charge in [-0.1, -0.05) is 28.1 Å². The number of aromatic nitrogens is 2. The first-order valence-electron chi connectivity index (χ1n) is 7.44. The van der Waals surface area contributed by atoms with Crippen molar-refractivity contribution in [3.8, 4) is 11.3 Å². The van der Waals surface area contributed by atoms with Crippen molar-refractivity contribution >= 4 is 28.3 Å². The van der Waals surface area contributed by atoms with Crippen LogP contribution in [0.3, 0.4) is 0 Å². The highest BCUT2D eigenvalue weighted by Gasteiger charge is 2.19. The highest BCUT2D eigenvalue weighted by Crippen LogP contribution is 2.22. The first-order chi connectivity index (χ1) is 10.2. The normalized spacial score (nSPS) is 18.9. The molecule has 2 N–H and O–H groups in total. The average Bonchev–Trinajstić information content (AvgIpc) is 2.96. The lowest BCUT2D eigenvalue weighted by Gasteiger charge is -2.31. The molecule has 2 heterocycles. The predicted octanol–water partition coefficient (Wildman–Crippen LogP) is 3.44. The summed E-state index contributed by atoms with van der Waals surface area (Å²) in [5, 5.41) is 3.38. The van der Waals surface area contributed by atoms with E-state index in [1.54, 1.807) is 0 Å². The molecule has 1 aliphatic rings. The number of nitrogens with one attached hydrogen (secondary N) is 2. The zero-order chi connectivity index (χ0) is 14.7. The third kappa shape index (κ3) is 4.32. The van der Waals surface area contributed by atoms with Gasteiger partial charge in [-0.25, -0.2) is 4.98 Å². The number of rotatable bonds is 4. The molecular formula is C16H22BrClN4. The Labute approximate surface area is 146 Å². The lowest BCUT2D eigenvalue weighted by molar-refractivity contribution is 0.184. The van der Waals surface area contributed by atoms with E-state index >= 15 is 0 Å². The molecular weight excluding hydrogens is 364 g/mol. The molecule has 120 valence electrons. The van der Waals surface area contributed by atoms with Gasteiger partial charge in [0.1, 0.15) is 5.82 Å². The summed E-state index contributed by atoms with van der Waals surface area (Å²) in [5.41, 5.74) is 2.24. The number of piperidine rings is 1. The van der Waals surface area contributed by atoms with E-state index in [0.717, 1.165) is 41.2 Å². The minimum Gasteiger partial charge on any atom is -0.341 e. The minimum atomic E-state index is 0. The zero-order valence-electron chi connectivity index (χ0n) is 12.7. The Morgan fingerprint density at radius 2 is 2.32 bits per heavy atom. The fraction of sp³-hybridized carbons (Fsp3) is 0.438. The molecule has 1 atom stereocenters. The molecule has 1 aromatic heterocycles. The fourth-order valence-corrected chi connectivity index (χ4v) is 3.29. The summed E-state index contributed by atoms with van der Waals surface area (Å²) in [6.45, 7) is 3.15. The molecule has 4 nitrogen and oxygen atoms in total. The molecule has 1 fully saturated rings. The van der Waals surface area contributed by atoms with Crippen LogP contribution >= 0.6 is 28.3 Å². The van der Waals surface area contributed by atoms with Crippen molar-refractivity contribution in [2.75, 3.05) is 20.1 Å². The number of likely N-dealkylation sites (tertiary alicyclic amines) is 1. The Balaban J connectivity index is 0.00000176. The van der Waals surface area contributed by atoms with Gasteiger partial charge in [0.05, 0.1) is 18.4 Å². The lowest BCUT2D eigenvalue weighted by Crippen LogP contribution is -2.44. The first-order valence-corrected chi connectivity index (χ1v) is 8.23. The van der Waals surface area contributed by atoms with E-state index in [1.807, 2.05) is 25.4 Å². The number of imidazole rings is 1. The summed E-state index contributed by atoms with van der Waals surface area (Å²) in [6, 6.07) is 8.89. The van der Waals surface area contributed by atoms with Crippen LogP contribution in [-0.2, 0) is 6.54 Å². The van der Waals surface area contributed by atoms with Crippen LogP contribution in [0.15, 0.2) is 34.9 Å². The zero-order valence-corrected chi connectivity index (χ0v) is 15.1. The van der Waals surface area contributed by atoms with Crippen LogP contribution in [0.1, 0.15) is 18.7 Å². The topological polar surface area (TPSA) is 44.0 Å². The lowest BCUT2D eigenvalue weighted by atomic mass is 10.1. The van der Waals surface area contributed by atoms with Gasteiger partial charge >= 0.3 is 0 Å². The Bertz CT molecular complexity index is 601. The second-order valence-electron chi connectivity index (χ2n) is 5.62. The Morgan fingerprint density at radius 1 is 1.45 bits per heavy atom. The van der Waals surface area contributed by atoms with Crippen LogP contribution in [0.25, 0.3) is 11.3 Å². The van der Waals surface area contributed by atoms with Crippen molar-refractivity contribution in [3.63, 3.8) is 0 Å². The fourth-order valence-electron chi connectivity index (χ4n) is 2.89.